The Hall–Kier alpha value is -1.60. The second-order valence-electron chi connectivity index (χ2n) is 4.69. The van der Waals surface area contributed by atoms with Crippen molar-refractivity contribution in [2.24, 2.45) is 5.73 Å². The van der Waals surface area contributed by atoms with Gasteiger partial charge in [-0.2, -0.15) is 0 Å². The summed E-state index contributed by atoms with van der Waals surface area (Å²) in [6.07, 6.45) is 0.0784. The molecule has 0 aromatic heterocycles. The number of carbonyl (C=O) groups excluding carboxylic acids is 1. The summed E-state index contributed by atoms with van der Waals surface area (Å²) in [4.78, 5) is 13.2. The first-order valence-corrected chi connectivity index (χ1v) is 6.14. The van der Waals surface area contributed by atoms with Crippen molar-refractivity contribution in [2.45, 2.75) is 18.5 Å². The topological polar surface area (TPSA) is 55.6 Å². The molecule has 0 spiro atoms. The number of halogens is 3. The number of hydrogen-bond donors (Lipinski definition) is 1. The molecule has 1 aromatic carbocycles. The highest BCUT2D eigenvalue weighted by Gasteiger charge is 2.39. The zero-order valence-electron chi connectivity index (χ0n) is 10.9. The minimum absolute atomic E-state index is 0.0784. The van der Waals surface area contributed by atoms with E-state index < -0.39 is 29.5 Å². The number of carbonyl (C=O) groups is 1. The standard InChI is InChI=1S/C13H15F3N2O2/c1-20-3-2-18-11(19)6-10(17)13(18)7-4-8(14)12(16)9(15)5-7/h4-5,10,13H,2-3,6,17H2,1H3. The Labute approximate surface area is 114 Å². The summed E-state index contributed by atoms with van der Waals surface area (Å²) in [5.41, 5.74) is 6.01. The molecule has 7 heteroatoms. The molecule has 0 aliphatic carbocycles. The number of likely N-dealkylation sites (tertiary alicyclic amines) is 1. The Morgan fingerprint density at radius 3 is 2.50 bits per heavy atom. The molecule has 2 atom stereocenters. The average Bonchev–Trinajstić information content (AvgIpc) is 2.67. The molecule has 20 heavy (non-hydrogen) atoms. The number of ether oxygens (including phenoxy) is 1. The second kappa shape index (κ2) is 5.80. The molecule has 0 saturated carbocycles. The minimum Gasteiger partial charge on any atom is -0.383 e. The molecule has 4 nitrogen and oxygen atoms in total. The fourth-order valence-corrected chi connectivity index (χ4v) is 2.44. The van der Waals surface area contributed by atoms with Crippen LogP contribution in [-0.4, -0.2) is 37.1 Å². The van der Waals surface area contributed by atoms with Crippen LogP contribution in [0.1, 0.15) is 18.0 Å². The summed E-state index contributed by atoms with van der Waals surface area (Å²) >= 11 is 0. The summed E-state index contributed by atoms with van der Waals surface area (Å²) in [5.74, 6) is -4.34. The van der Waals surface area contributed by atoms with Gasteiger partial charge in [0.2, 0.25) is 5.91 Å². The van der Waals surface area contributed by atoms with Gasteiger partial charge in [0, 0.05) is 26.1 Å². The molecule has 2 rings (SSSR count). The van der Waals surface area contributed by atoms with Crippen LogP contribution in [0.4, 0.5) is 13.2 Å². The van der Waals surface area contributed by atoms with E-state index in [2.05, 4.69) is 0 Å². The van der Waals surface area contributed by atoms with Gasteiger partial charge in [-0.25, -0.2) is 13.2 Å². The molecule has 1 aromatic rings. The van der Waals surface area contributed by atoms with Gasteiger partial charge in [0.1, 0.15) is 0 Å². The lowest BCUT2D eigenvalue weighted by Crippen LogP contribution is -2.35. The average molecular weight is 288 g/mol. The molecule has 1 fully saturated rings. The van der Waals surface area contributed by atoms with Gasteiger partial charge in [0.25, 0.3) is 0 Å². The SMILES string of the molecule is COCCN1C(=O)CC(N)C1c1cc(F)c(F)c(F)c1. The molecule has 110 valence electrons. The summed E-state index contributed by atoms with van der Waals surface area (Å²) < 4.78 is 44.5. The number of amides is 1. The zero-order chi connectivity index (χ0) is 14.9. The lowest BCUT2D eigenvalue weighted by Gasteiger charge is -2.27. The first-order valence-electron chi connectivity index (χ1n) is 6.14. The minimum atomic E-state index is -1.53. The summed E-state index contributed by atoms with van der Waals surface area (Å²) in [5, 5.41) is 0. The largest absolute Gasteiger partial charge is 0.383 e. The molecule has 1 aliphatic rings. The maximum absolute atomic E-state index is 13.3. The second-order valence-corrected chi connectivity index (χ2v) is 4.69. The van der Waals surface area contributed by atoms with E-state index in [0.29, 0.717) is 0 Å². The third-order valence-corrected chi connectivity index (χ3v) is 3.36. The van der Waals surface area contributed by atoms with Gasteiger partial charge < -0.3 is 15.4 Å². The monoisotopic (exact) mass is 288 g/mol. The van der Waals surface area contributed by atoms with Crippen LogP contribution in [0.3, 0.4) is 0 Å². The van der Waals surface area contributed by atoms with Crippen molar-refractivity contribution in [3.05, 3.63) is 35.1 Å². The van der Waals surface area contributed by atoms with Crippen molar-refractivity contribution in [1.82, 2.24) is 4.90 Å². The molecule has 1 saturated heterocycles. The predicted molar refractivity (Wildman–Crippen MR) is 65.2 cm³/mol. The molecule has 0 radical (unpaired) electrons. The molecule has 2 unspecified atom stereocenters. The van der Waals surface area contributed by atoms with Crippen LogP contribution in [0.5, 0.6) is 0 Å². The summed E-state index contributed by atoms with van der Waals surface area (Å²) in [7, 11) is 1.48. The van der Waals surface area contributed by atoms with Crippen LogP contribution in [0.15, 0.2) is 12.1 Å². The lowest BCUT2D eigenvalue weighted by atomic mass is 10.0. The van der Waals surface area contributed by atoms with Gasteiger partial charge >= 0.3 is 0 Å². The van der Waals surface area contributed by atoms with E-state index in [1.807, 2.05) is 0 Å². The molecule has 1 heterocycles. The predicted octanol–water partition coefficient (Wildman–Crippen LogP) is 1.35. The fraction of sp³-hybridized carbons (Fsp3) is 0.462. The fourth-order valence-electron chi connectivity index (χ4n) is 2.44. The summed E-state index contributed by atoms with van der Waals surface area (Å²) in [6, 6.07) is 0.480. The van der Waals surface area contributed by atoms with Crippen molar-refractivity contribution in [1.29, 1.82) is 0 Å². The van der Waals surface area contributed by atoms with Gasteiger partial charge in [-0.1, -0.05) is 0 Å². The van der Waals surface area contributed by atoms with E-state index in [1.54, 1.807) is 0 Å². The van der Waals surface area contributed by atoms with Crippen LogP contribution in [0.25, 0.3) is 0 Å². The third-order valence-electron chi connectivity index (χ3n) is 3.36. The van der Waals surface area contributed by atoms with Crippen LogP contribution in [0.2, 0.25) is 0 Å². The summed E-state index contributed by atoms with van der Waals surface area (Å²) in [6.45, 7) is 0.537. The number of methoxy groups -OCH3 is 1. The van der Waals surface area contributed by atoms with E-state index in [1.165, 1.54) is 12.0 Å². The highest BCUT2D eigenvalue weighted by Crippen LogP contribution is 2.33. The Balaban J connectivity index is 2.35. The zero-order valence-corrected chi connectivity index (χ0v) is 10.9. The van der Waals surface area contributed by atoms with Gasteiger partial charge in [-0.3, -0.25) is 4.79 Å². The van der Waals surface area contributed by atoms with E-state index in [4.69, 9.17) is 10.5 Å². The number of nitrogens with zero attached hydrogens (tertiary/aromatic N) is 1. The molecular formula is C13H15F3N2O2. The van der Waals surface area contributed by atoms with Gasteiger partial charge in [0.05, 0.1) is 12.6 Å². The van der Waals surface area contributed by atoms with Crippen molar-refractivity contribution in [3.8, 4) is 0 Å². The van der Waals surface area contributed by atoms with Gasteiger partial charge in [-0.05, 0) is 17.7 Å². The molecule has 0 bridgehead atoms. The van der Waals surface area contributed by atoms with E-state index in [9.17, 15) is 18.0 Å². The van der Waals surface area contributed by atoms with Crippen LogP contribution >= 0.6 is 0 Å². The van der Waals surface area contributed by atoms with Crippen LogP contribution < -0.4 is 5.73 Å². The van der Waals surface area contributed by atoms with E-state index >= 15 is 0 Å². The number of nitrogens with two attached hydrogens (primary N) is 1. The Bertz CT molecular complexity index is 501. The maximum atomic E-state index is 13.3. The van der Waals surface area contributed by atoms with E-state index in [-0.39, 0.29) is 31.0 Å². The Morgan fingerprint density at radius 2 is 1.95 bits per heavy atom. The Kier molecular flexibility index (Phi) is 4.29. The number of rotatable bonds is 4. The molecule has 2 N–H and O–H groups in total. The van der Waals surface area contributed by atoms with Crippen LogP contribution in [0, 0.1) is 17.5 Å². The maximum Gasteiger partial charge on any atom is 0.224 e. The molecule has 1 amide bonds. The molecule has 1 aliphatic heterocycles. The first-order chi connectivity index (χ1) is 9.45. The van der Waals surface area contributed by atoms with Gasteiger partial charge in [-0.15, -0.1) is 0 Å². The quantitative estimate of drug-likeness (QED) is 0.851. The molecular weight excluding hydrogens is 273 g/mol. The van der Waals surface area contributed by atoms with Crippen molar-refractivity contribution in [3.63, 3.8) is 0 Å². The van der Waals surface area contributed by atoms with Crippen molar-refractivity contribution < 1.29 is 22.7 Å². The van der Waals surface area contributed by atoms with Crippen molar-refractivity contribution >= 4 is 5.91 Å². The highest BCUT2D eigenvalue weighted by molar-refractivity contribution is 5.80. The number of benzene rings is 1. The van der Waals surface area contributed by atoms with E-state index in [0.717, 1.165) is 12.1 Å². The number of hydrogen-bond acceptors (Lipinski definition) is 3. The van der Waals surface area contributed by atoms with Crippen molar-refractivity contribution in [2.75, 3.05) is 20.3 Å². The van der Waals surface area contributed by atoms with Crippen LogP contribution in [-0.2, 0) is 9.53 Å². The highest BCUT2D eigenvalue weighted by atomic mass is 19.2. The normalized spacial score (nSPS) is 22.6. The smallest absolute Gasteiger partial charge is 0.224 e. The first kappa shape index (κ1) is 14.8. The Morgan fingerprint density at radius 1 is 1.35 bits per heavy atom. The lowest BCUT2D eigenvalue weighted by molar-refractivity contribution is -0.129. The third kappa shape index (κ3) is 2.64. The van der Waals surface area contributed by atoms with Gasteiger partial charge in [0.15, 0.2) is 17.5 Å².